The van der Waals surface area contributed by atoms with Gasteiger partial charge < -0.3 is 5.32 Å². The lowest BCUT2D eigenvalue weighted by Gasteiger charge is -2.08. The van der Waals surface area contributed by atoms with Crippen molar-refractivity contribution < 1.29 is 13.2 Å². The third kappa shape index (κ3) is 4.34. The van der Waals surface area contributed by atoms with Crippen LogP contribution in [0, 0.1) is 0 Å². The highest BCUT2D eigenvalue weighted by Gasteiger charge is 2.17. The Kier molecular flexibility index (Phi) is 5.77. The number of carbonyl (C=O) groups excluding carboxylic acids is 1. The molecule has 0 aliphatic carbocycles. The molecule has 1 aromatic carbocycles. The normalized spacial score (nSPS) is 11.3. The molecule has 0 radical (unpaired) electrons. The number of sulfonamides is 1. The van der Waals surface area contributed by atoms with E-state index in [1.54, 1.807) is 12.1 Å². The van der Waals surface area contributed by atoms with Crippen molar-refractivity contribution in [2.75, 3.05) is 13.6 Å². The first kappa shape index (κ1) is 15.6. The van der Waals surface area contributed by atoms with Crippen LogP contribution in [0.2, 0.25) is 0 Å². The van der Waals surface area contributed by atoms with Crippen LogP contribution in [0.3, 0.4) is 0 Å². The third-order valence-electron chi connectivity index (χ3n) is 2.11. The third-order valence-corrected chi connectivity index (χ3v) is 5.04. The lowest BCUT2D eigenvalue weighted by Crippen LogP contribution is -2.29. The predicted molar refractivity (Wildman–Crippen MR) is 75.7 cm³/mol. The van der Waals surface area contributed by atoms with Gasteiger partial charge in [-0.25, -0.2) is 13.1 Å². The van der Waals surface area contributed by atoms with Gasteiger partial charge in [-0.05, 0) is 34.1 Å². The standard InChI is InChI=1S/C10H12Br2N2O3S/c1-13-10(15)4-5-14-18(16,17)9-3-2-7(11)6-8(9)12/h2-3,6,14H,4-5H2,1H3,(H,13,15). The number of hydrogen-bond acceptors (Lipinski definition) is 3. The summed E-state index contributed by atoms with van der Waals surface area (Å²) in [4.78, 5) is 11.1. The van der Waals surface area contributed by atoms with Crippen molar-refractivity contribution in [2.24, 2.45) is 0 Å². The van der Waals surface area contributed by atoms with Crippen LogP contribution in [0.25, 0.3) is 0 Å². The fraction of sp³-hybridized carbons (Fsp3) is 0.300. The van der Waals surface area contributed by atoms with E-state index in [4.69, 9.17) is 0 Å². The molecule has 0 atom stereocenters. The number of halogens is 2. The molecule has 0 aliphatic rings. The van der Waals surface area contributed by atoms with Gasteiger partial charge in [0.1, 0.15) is 0 Å². The van der Waals surface area contributed by atoms with E-state index in [2.05, 4.69) is 41.9 Å². The van der Waals surface area contributed by atoms with Gasteiger partial charge in [0.25, 0.3) is 0 Å². The molecule has 18 heavy (non-hydrogen) atoms. The summed E-state index contributed by atoms with van der Waals surface area (Å²) in [6.07, 6.45) is 0.101. The first-order valence-corrected chi connectivity index (χ1v) is 8.09. The van der Waals surface area contributed by atoms with Gasteiger partial charge in [0.2, 0.25) is 15.9 Å². The van der Waals surface area contributed by atoms with Crippen LogP contribution < -0.4 is 10.0 Å². The highest BCUT2D eigenvalue weighted by atomic mass is 79.9. The van der Waals surface area contributed by atoms with Crippen LogP contribution in [-0.4, -0.2) is 27.9 Å². The average molecular weight is 400 g/mol. The number of rotatable bonds is 5. The minimum atomic E-state index is -3.61. The molecule has 1 aromatic rings. The molecule has 5 nitrogen and oxygen atoms in total. The Balaban J connectivity index is 2.77. The van der Waals surface area contributed by atoms with Crippen LogP contribution >= 0.6 is 31.9 Å². The molecular weight excluding hydrogens is 388 g/mol. The lowest BCUT2D eigenvalue weighted by atomic mass is 10.4. The van der Waals surface area contributed by atoms with Gasteiger partial charge in [-0.1, -0.05) is 15.9 Å². The van der Waals surface area contributed by atoms with Gasteiger partial charge in [-0.2, -0.15) is 0 Å². The molecule has 0 spiro atoms. The average Bonchev–Trinajstić information content (AvgIpc) is 2.27. The van der Waals surface area contributed by atoms with Gasteiger partial charge in [-0.3, -0.25) is 4.79 Å². The molecule has 1 rings (SSSR count). The lowest BCUT2D eigenvalue weighted by molar-refractivity contribution is -0.120. The molecule has 0 aliphatic heterocycles. The smallest absolute Gasteiger partial charge is 0.241 e. The fourth-order valence-electron chi connectivity index (χ4n) is 1.19. The fourth-order valence-corrected chi connectivity index (χ4v) is 3.97. The highest BCUT2D eigenvalue weighted by Crippen LogP contribution is 2.25. The first-order valence-electron chi connectivity index (χ1n) is 5.02. The summed E-state index contributed by atoms with van der Waals surface area (Å²) >= 11 is 6.43. The summed E-state index contributed by atoms with van der Waals surface area (Å²) in [6, 6.07) is 4.77. The molecule has 100 valence electrons. The van der Waals surface area contributed by atoms with E-state index in [-0.39, 0.29) is 23.8 Å². The topological polar surface area (TPSA) is 75.3 Å². The molecule has 0 aromatic heterocycles. The zero-order valence-electron chi connectivity index (χ0n) is 9.54. The molecule has 0 saturated heterocycles. The van der Waals surface area contributed by atoms with Crippen LogP contribution in [0.5, 0.6) is 0 Å². The Morgan fingerprint density at radius 3 is 2.56 bits per heavy atom. The molecule has 2 N–H and O–H groups in total. The summed E-state index contributed by atoms with van der Waals surface area (Å²) in [5, 5.41) is 2.42. The molecule has 0 heterocycles. The van der Waals surface area contributed by atoms with Gasteiger partial charge in [0, 0.05) is 29.0 Å². The van der Waals surface area contributed by atoms with Crippen LogP contribution in [0.4, 0.5) is 0 Å². The van der Waals surface area contributed by atoms with E-state index >= 15 is 0 Å². The van der Waals surface area contributed by atoms with Gasteiger partial charge in [0.05, 0.1) is 4.90 Å². The molecular formula is C10H12Br2N2O3S. The highest BCUT2D eigenvalue weighted by molar-refractivity contribution is 9.11. The molecule has 0 fully saturated rings. The van der Waals surface area contributed by atoms with Crippen LogP contribution in [-0.2, 0) is 14.8 Å². The van der Waals surface area contributed by atoms with Crippen molar-refractivity contribution in [1.29, 1.82) is 0 Å². The number of amides is 1. The molecule has 1 amide bonds. The quantitative estimate of drug-likeness (QED) is 0.789. The summed E-state index contributed by atoms with van der Waals surface area (Å²) in [5.74, 6) is -0.215. The van der Waals surface area contributed by atoms with E-state index < -0.39 is 10.0 Å². The summed E-state index contributed by atoms with van der Waals surface area (Å²) in [5.41, 5.74) is 0. The van der Waals surface area contributed by atoms with Crippen molar-refractivity contribution in [2.45, 2.75) is 11.3 Å². The Morgan fingerprint density at radius 1 is 1.33 bits per heavy atom. The summed E-state index contributed by atoms with van der Waals surface area (Å²) in [6.45, 7) is 0.0600. The maximum Gasteiger partial charge on any atom is 0.241 e. The Bertz CT molecular complexity index is 546. The number of hydrogen-bond donors (Lipinski definition) is 2. The zero-order chi connectivity index (χ0) is 13.8. The van der Waals surface area contributed by atoms with Crippen molar-refractivity contribution in [3.05, 3.63) is 27.1 Å². The first-order chi connectivity index (χ1) is 8.36. The summed E-state index contributed by atoms with van der Waals surface area (Å²) < 4.78 is 27.5. The van der Waals surface area contributed by atoms with Crippen LogP contribution in [0.15, 0.2) is 32.0 Å². The van der Waals surface area contributed by atoms with Gasteiger partial charge in [0.15, 0.2) is 0 Å². The second-order valence-electron chi connectivity index (χ2n) is 3.40. The number of nitrogens with one attached hydrogen (secondary N) is 2. The Morgan fingerprint density at radius 2 is 2.00 bits per heavy atom. The van der Waals surface area contributed by atoms with Crippen molar-refractivity contribution in [3.8, 4) is 0 Å². The van der Waals surface area contributed by atoms with Gasteiger partial charge >= 0.3 is 0 Å². The molecule has 0 bridgehead atoms. The van der Waals surface area contributed by atoms with E-state index in [9.17, 15) is 13.2 Å². The molecule has 0 saturated carbocycles. The van der Waals surface area contributed by atoms with Crippen molar-refractivity contribution in [1.82, 2.24) is 10.0 Å². The second kappa shape index (κ2) is 6.65. The number of benzene rings is 1. The predicted octanol–water partition coefficient (Wildman–Crippen LogP) is 1.63. The van der Waals surface area contributed by atoms with E-state index in [0.29, 0.717) is 4.47 Å². The SMILES string of the molecule is CNC(=O)CCNS(=O)(=O)c1ccc(Br)cc1Br. The van der Waals surface area contributed by atoms with Crippen molar-refractivity contribution in [3.63, 3.8) is 0 Å². The summed E-state index contributed by atoms with van der Waals surface area (Å²) in [7, 11) is -2.11. The van der Waals surface area contributed by atoms with Crippen LogP contribution in [0.1, 0.15) is 6.42 Å². The Hall–Kier alpha value is -0.440. The van der Waals surface area contributed by atoms with Gasteiger partial charge in [-0.15, -0.1) is 0 Å². The van der Waals surface area contributed by atoms with Crippen molar-refractivity contribution >= 4 is 47.8 Å². The minimum absolute atomic E-state index is 0.0600. The minimum Gasteiger partial charge on any atom is -0.359 e. The maximum atomic E-state index is 11.9. The van der Waals surface area contributed by atoms with E-state index in [1.165, 1.54) is 13.1 Å². The second-order valence-corrected chi connectivity index (χ2v) is 6.90. The van der Waals surface area contributed by atoms with E-state index in [0.717, 1.165) is 4.47 Å². The Labute approximate surface area is 123 Å². The zero-order valence-corrected chi connectivity index (χ0v) is 13.5. The van der Waals surface area contributed by atoms with E-state index in [1.807, 2.05) is 0 Å². The molecule has 0 unspecified atom stereocenters. The number of carbonyl (C=O) groups is 1. The maximum absolute atomic E-state index is 11.9. The molecule has 8 heteroatoms. The monoisotopic (exact) mass is 398 g/mol. The largest absolute Gasteiger partial charge is 0.359 e.